The number of fused-ring (bicyclic) bond motifs is 2. The van der Waals surface area contributed by atoms with Crippen molar-refractivity contribution in [3.8, 4) is 11.1 Å². The summed E-state index contributed by atoms with van der Waals surface area (Å²) in [5, 5.41) is 7.22. The summed E-state index contributed by atoms with van der Waals surface area (Å²) in [7, 11) is 4.23. The van der Waals surface area contributed by atoms with Crippen LogP contribution in [0.3, 0.4) is 0 Å². The van der Waals surface area contributed by atoms with E-state index in [1.165, 1.54) is 89.7 Å². The molecule has 2 saturated carbocycles. The maximum atomic E-state index is 2.56. The molecule has 0 spiro atoms. The third-order valence-electron chi connectivity index (χ3n) is 8.26. The number of hydrogen-bond donors (Lipinski definition) is 0. The van der Waals surface area contributed by atoms with E-state index in [1.807, 2.05) is 0 Å². The van der Waals surface area contributed by atoms with E-state index in [-0.39, 0.29) is 7.92 Å². The van der Waals surface area contributed by atoms with Crippen LogP contribution in [0.2, 0.25) is 0 Å². The van der Waals surface area contributed by atoms with Gasteiger partial charge < -0.3 is 4.90 Å². The Bertz CT molecular complexity index is 1300. The average Bonchev–Trinajstić information content (AvgIpc) is 3.59. The van der Waals surface area contributed by atoms with Crippen molar-refractivity contribution in [1.82, 2.24) is 0 Å². The van der Waals surface area contributed by atoms with Gasteiger partial charge in [-0.3, -0.25) is 0 Å². The molecule has 0 aliphatic heterocycles. The van der Waals surface area contributed by atoms with Crippen molar-refractivity contribution in [2.24, 2.45) is 0 Å². The molecule has 2 fully saturated rings. The highest BCUT2D eigenvalue weighted by atomic mass is 31.1. The zero-order valence-corrected chi connectivity index (χ0v) is 21.5. The van der Waals surface area contributed by atoms with Gasteiger partial charge in [-0.05, 0) is 75.5 Å². The quantitative estimate of drug-likeness (QED) is 0.266. The summed E-state index contributed by atoms with van der Waals surface area (Å²) < 4.78 is 0. The average molecular weight is 466 g/mol. The lowest BCUT2D eigenvalue weighted by Crippen LogP contribution is -2.22. The van der Waals surface area contributed by atoms with E-state index in [1.54, 1.807) is 5.30 Å². The highest BCUT2D eigenvalue weighted by Gasteiger charge is 2.36. The second-order valence-corrected chi connectivity index (χ2v) is 13.3. The molecule has 4 aromatic carbocycles. The van der Waals surface area contributed by atoms with E-state index in [0.29, 0.717) is 0 Å². The zero-order chi connectivity index (χ0) is 23.1. The van der Waals surface area contributed by atoms with Gasteiger partial charge in [-0.25, -0.2) is 0 Å². The lowest BCUT2D eigenvalue weighted by Gasteiger charge is -2.34. The maximum Gasteiger partial charge on any atom is 0.0447 e. The van der Waals surface area contributed by atoms with Gasteiger partial charge >= 0.3 is 0 Å². The molecule has 174 valence electrons. The molecule has 0 amide bonds. The van der Waals surface area contributed by atoms with Crippen molar-refractivity contribution in [2.45, 2.75) is 62.7 Å². The van der Waals surface area contributed by atoms with Crippen molar-refractivity contribution in [1.29, 1.82) is 0 Å². The van der Waals surface area contributed by atoms with E-state index in [4.69, 9.17) is 0 Å². The first-order valence-electron chi connectivity index (χ1n) is 13.2. The Kier molecular flexibility index (Phi) is 6.08. The molecule has 0 atom stereocenters. The predicted octanol–water partition coefficient (Wildman–Crippen LogP) is 8.72. The third kappa shape index (κ3) is 3.83. The van der Waals surface area contributed by atoms with Gasteiger partial charge in [0.15, 0.2) is 0 Å². The standard InChI is InChI=1S/C32H36NP/c1-33(2)29-21-19-23-11-3-9-17-27(23)31(29)32-28-18-10-4-12-24(28)20-22-30(32)34(25-13-5-6-14-25)26-15-7-8-16-26/h3-4,9-12,17-22,25-26H,5-8,13-16H2,1-2H3. The largest absolute Gasteiger partial charge is 0.377 e. The molecule has 0 N–H and O–H groups in total. The minimum Gasteiger partial charge on any atom is -0.377 e. The Balaban J connectivity index is 1.70. The second kappa shape index (κ2) is 9.35. The highest BCUT2D eigenvalue weighted by Crippen LogP contribution is 2.58. The number of rotatable bonds is 5. The molecule has 1 nitrogen and oxygen atoms in total. The summed E-state index contributed by atoms with van der Waals surface area (Å²) >= 11 is 0. The van der Waals surface area contributed by atoms with Crippen LogP contribution in [0, 0.1) is 0 Å². The SMILES string of the molecule is CN(C)c1ccc2ccccc2c1-c1c(P(C2CCCC2)C2CCCC2)ccc2ccccc12. The Morgan fingerprint density at radius 2 is 1.09 bits per heavy atom. The Morgan fingerprint density at radius 3 is 1.65 bits per heavy atom. The van der Waals surface area contributed by atoms with Gasteiger partial charge in [-0.15, -0.1) is 0 Å². The molecule has 0 unspecified atom stereocenters. The monoisotopic (exact) mass is 465 g/mol. The molecule has 0 radical (unpaired) electrons. The van der Waals surface area contributed by atoms with E-state index >= 15 is 0 Å². The molecule has 0 aromatic heterocycles. The molecule has 4 aromatic rings. The summed E-state index contributed by atoms with van der Waals surface area (Å²) in [5.41, 5.74) is 6.11. The topological polar surface area (TPSA) is 3.24 Å². The Morgan fingerprint density at radius 1 is 0.588 bits per heavy atom. The lowest BCUT2D eigenvalue weighted by molar-refractivity contribution is 0.835. The molecule has 34 heavy (non-hydrogen) atoms. The van der Waals surface area contributed by atoms with Gasteiger partial charge in [0.05, 0.1) is 0 Å². The molecule has 0 bridgehead atoms. The number of anilines is 1. The van der Waals surface area contributed by atoms with E-state index < -0.39 is 0 Å². The molecular weight excluding hydrogens is 429 g/mol. The first-order valence-corrected chi connectivity index (χ1v) is 14.7. The van der Waals surface area contributed by atoms with Crippen LogP contribution in [0.15, 0.2) is 72.8 Å². The Hall–Kier alpha value is -2.37. The van der Waals surface area contributed by atoms with Crippen LogP contribution in [0.5, 0.6) is 0 Å². The summed E-state index contributed by atoms with van der Waals surface area (Å²) in [6.45, 7) is 0. The molecular formula is C32H36NP. The van der Waals surface area contributed by atoms with Gasteiger partial charge in [-0.1, -0.05) is 100 Å². The van der Waals surface area contributed by atoms with Crippen molar-refractivity contribution >= 4 is 40.5 Å². The third-order valence-corrected chi connectivity index (χ3v) is 11.8. The van der Waals surface area contributed by atoms with Gasteiger partial charge in [0, 0.05) is 25.3 Å². The molecule has 0 saturated heterocycles. The summed E-state index contributed by atoms with van der Waals surface area (Å²) in [5.74, 6) is 0. The smallest absolute Gasteiger partial charge is 0.0447 e. The first-order chi connectivity index (χ1) is 16.7. The van der Waals surface area contributed by atoms with E-state index in [0.717, 1.165) is 11.3 Å². The first kappa shape index (κ1) is 22.1. The molecule has 6 rings (SSSR count). The lowest BCUT2D eigenvalue weighted by atomic mass is 9.92. The van der Waals surface area contributed by atoms with Crippen molar-refractivity contribution in [3.63, 3.8) is 0 Å². The normalized spacial score (nSPS) is 17.4. The van der Waals surface area contributed by atoms with Crippen LogP contribution in [0.4, 0.5) is 5.69 Å². The van der Waals surface area contributed by atoms with Crippen molar-refractivity contribution in [2.75, 3.05) is 19.0 Å². The fourth-order valence-corrected chi connectivity index (χ4v) is 10.7. The van der Waals surface area contributed by atoms with E-state index in [2.05, 4.69) is 91.8 Å². The van der Waals surface area contributed by atoms with Gasteiger partial charge in [0.25, 0.3) is 0 Å². The second-order valence-electron chi connectivity index (χ2n) is 10.5. The van der Waals surface area contributed by atoms with Gasteiger partial charge in [-0.2, -0.15) is 0 Å². The van der Waals surface area contributed by atoms with Crippen LogP contribution >= 0.6 is 7.92 Å². The summed E-state index contributed by atoms with van der Waals surface area (Å²) in [6.07, 6.45) is 11.4. The summed E-state index contributed by atoms with van der Waals surface area (Å²) in [4.78, 5) is 2.32. The Labute approximate surface area is 205 Å². The molecule has 2 heteroatoms. The van der Waals surface area contributed by atoms with Crippen molar-refractivity contribution < 1.29 is 0 Å². The molecule has 2 aliphatic carbocycles. The van der Waals surface area contributed by atoms with Crippen LogP contribution < -0.4 is 10.2 Å². The minimum atomic E-state index is -0.181. The van der Waals surface area contributed by atoms with Crippen LogP contribution in [-0.2, 0) is 0 Å². The predicted molar refractivity (Wildman–Crippen MR) is 152 cm³/mol. The van der Waals surface area contributed by atoms with Crippen molar-refractivity contribution in [3.05, 3.63) is 72.8 Å². The van der Waals surface area contributed by atoms with Gasteiger partial charge in [0.1, 0.15) is 0 Å². The highest BCUT2D eigenvalue weighted by molar-refractivity contribution is 7.67. The van der Waals surface area contributed by atoms with E-state index in [9.17, 15) is 0 Å². The van der Waals surface area contributed by atoms with Crippen LogP contribution in [0.1, 0.15) is 51.4 Å². The number of nitrogens with zero attached hydrogens (tertiary/aromatic N) is 1. The number of hydrogen-bond acceptors (Lipinski definition) is 1. The number of benzene rings is 4. The maximum absolute atomic E-state index is 2.56. The zero-order valence-electron chi connectivity index (χ0n) is 20.6. The fourth-order valence-electron chi connectivity index (χ4n) is 6.69. The van der Waals surface area contributed by atoms with Crippen LogP contribution in [0.25, 0.3) is 32.7 Å². The van der Waals surface area contributed by atoms with Gasteiger partial charge in [0.2, 0.25) is 0 Å². The molecule has 0 heterocycles. The molecule has 2 aliphatic rings. The van der Waals surface area contributed by atoms with Crippen LogP contribution in [-0.4, -0.2) is 25.4 Å². The fraction of sp³-hybridized carbons (Fsp3) is 0.375. The minimum absolute atomic E-state index is 0.181. The summed E-state index contributed by atoms with van der Waals surface area (Å²) in [6, 6.07) is 27.8.